The highest BCUT2D eigenvalue weighted by Gasteiger charge is 2.34. The summed E-state index contributed by atoms with van der Waals surface area (Å²) >= 11 is 0. The molecule has 3 nitrogen and oxygen atoms in total. The largest absolute Gasteiger partial charge is 0.331 e. The molecule has 3 rings (SSSR count). The number of rotatable bonds is 1. The molecule has 0 spiro atoms. The second-order valence-electron chi connectivity index (χ2n) is 5.58. The molecule has 0 unspecified atom stereocenters. The van der Waals surface area contributed by atoms with Crippen LogP contribution in [0.25, 0.3) is 11.0 Å². The van der Waals surface area contributed by atoms with Crippen LogP contribution in [0.3, 0.4) is 0 Å². The lowest BCUT2D eigenvalue weighted by Crippen LogP contribution is -2.21. The number of benzene rings is 1. The number of nitrogens with zero attached hydrogens (tertiary/aromatic N) is 3. The Morgan fingerprint density at radius 3 is 2.72 bits per heavy atom. The van der Waals surface area contributed by atoms with Crippen molar-refractivity contribution >= 4 is 11.0 Å². The Bertz CT molecular complexity index is 640. The molecule has 2 aromatic rings. The van der Waals surface area contributed by atoms with Gasteiger partial charge in [0.2, 0.25) is 0 Å². The molecule has 92 valence electrons. The Kier molecular flexibility index (Phi) is 2.41. The Balaban J connectivity index is 2.20. The van der Waals surface area contributed by atoms with Gasteiger partial charge in [0.15, 0.2) is 0 Å². The van der Waals surface area contributed by atoms with Crippen LogP contribution in [0.1, 0.15) is 44.0 Å². The standard InChI is InChI=1S/C15H17N3/c1-15(7-3-4-8-15)14-17-12-6-5-11(10-16)9-13(12)18(14)2/h5-6,9H,3-4,7-8H2,1-2H3. The van der Waals surface area contributed by atoms with Crippen molar-refractivity contribution < 1.29 is 0 Å². The number of hydrogen-bond donors (Lipinski definition) is 0. The van der Waals surface area contributed by atoms with E-state index in [-0.39, 0.29) is 5.41 Å². The van der Waals surface area contributed by atoms with Gasteiger partial charge in [-0.25, -0.2) is 4.98 Å². The lowest BCUT2D eigenvalue weighted by molar-refractivity contribution is 0.446. The number of hydrogen-bond acceptors (Lipinski definition) is 2. The number of fused-ring (bicyclic) bond motifs is 1. The summed E-state index contributed by atoms with van der Waals surface area (Å²) in [6.07, 6.45) is 5.02. The Labute approximate surface area is 107 Å². The molecule has 0 atom stereocenters. The average Bonchev–Trinajstić information content (AvgIpc) is 2.95. The molecule has 0 N–H and O–H groups in total. The molecule has 18 heavy (non-hydrogen) atoms. The molecule has 1 saturated carbocycles. The highest BCUT2D eigenvalue weighted by Crippen LogP contribution is 2.40. The van der Waals surface area contributed by atoms with E-state index in [0.29, 0.717) is 5.56 Å². The molecule has 0 amide bonds. The van der Waals surface area contributed by atoms with Crippen molar-refractivity contribution in [3.05, 3.63) is 29.6 Å². The second-order valence-corrected chi connectivity index (χ2v) is 5.58. The van der Waals surface area contributed by atoms with Gasteiger partial charge < -0.3 is 4.57 Å². The topological polar surface area (TPSA) is 41.6 Å². The van der Waals surface area contributed by atoms with E-state index in [1.54, 1.807) is 0 Å². The first-order valence-electron chi connectivity index (χ1n) is 6.51. The Morgan fingerprint density at radius 2 is 2.06 bits per heavy atom. The van der Waals surface area contributed by atoms with E-state index in [4.69, 9.17) is 10.2 Å². The van der Waals surface area contributed by atoms with Gasteiger partial charge in [0.1, 0.15) is 5.82 Å². The van der Waals surface area contributed by atoms with Crippen LogP contribution in [0.4, 0.5) is 0 Å². The molecule has 1 aromatic carbocycles. The number of nitriles is 1. The van der Waals surface area contributed by atoms with Crippen molar-refractivity contribution in [3.63, 3.8) is 0 Å². The zero-order chi connectivity index (χ0) is 12.8. The minimum atomic E-state index is 0.209. The molecule has 1 heterocycles. The van der Waals surface area contributed by atoms with Gasteiger partial charge in [-0.3, -0.25) is 0 Å². The highest BCUT2D eigenvalue weighted by atomic mass is 15.1. The third-order valence-corrected chi connectivity index (χ3v) is 4.26. The lowest BCUT2D eigenvalue weighted by atomic mass is 9.88. The minimum Gasteiger partial charge on any atom is -0.331 e. The van der Waals surface area contributed by atoms with E-state index in [9.17, 15) is 0 Å². The molecule has 3 heteroatoms. The zero-order valence-corrected chi connectivity index (χ0v) is 10.9. The third kappa shape index (κ3) is 1.53. The number of imidazole rings is 1. The van der Waals surface area contributed by atoms with Crippen LogP contribution in [-0.2, 0) is 12.5 Å². The maximum Gasteiger partial charge on any atom is 0.115 e. The van der Waals surface area contributed by atoms with Gasteiger partial charge in [0, 0.05) is 12.5 Å². The third-order valence-electron chi connectivity index (χ3n) is 4.26. The summed E-state index contributed by atoms with van der Waals surface area (Å²) in [5, 5.41) is 8.98. The quantitative estimate of drug-likeness (QED) is 0.766. The zero-order valence-electron chi connectivity index (χ0n) is 10.9. The summed E-state index contributed by atoms with van der Waals surface area (Å²) in [7, 11) is 2.06. The molecule has 1 fully saturated rings. The fraction of sp³-hybridized carbons (Fsp3) is 0.467. The molecular weight excluding hydrogens is 222 g/mol. The van der Waals surface area contributed by atoms with Gasteiger partial charge in [-0.1, -0.05) is 19.8 Å². The van der Waals surface area contributed by atoms with Crippen molar-refractivity contribution in [2.75, 3.05) is 0 Å². The van der Waals surface area contributed by atoms with Crippen LogP contribution in [0.15, 0.2) is 18.2 Å². The summed E-state index contributed by atoms with van der Waals surface area (Å²) in [5.74, 6) is 1.17. The predicted octanol–water partition coefficient (Wildman–Crippen LogP) is 3.28. The first-order chi connectivity index (χ1) is 8.64. The highest BCUT2D eigenvalue weighted by molar-refractivity contribution is 5.78. The van der Waals surface area contributed by atoms with E-state index < -0.39 is 0 Å². The predicted molar refractivity (Wildman–Crippen MR) is 71.2 cm³/mol. The average molecular weight is 239 g/mol. The molecule has 0 bridgehead atoms. The van der Waals surface area contributed by atoms with Crippen LogP contribution in [0, 0.1) is 11.3 Å². The SMILES string of the molecule is Cn1c(C2(C)CCCC2)nc2ccc(C#N)cc21. The van der Waals surface area contributed by atoms with Crippen LogP contribution >= 0.6 is 0 Å². The molecule has 0 aliphatic heterocycles. The molecule has 1 aromatic heterocycles. The summed E-state index contributed by atoms with van der Waals surface area (Å²) in [4.78, 5) is 4.79. The Morgan fingerprint density at radius 1 is 1.33 bits per heavy atom. The molecule has 0 radical (unpaired) electrons. The minimum absolute atomic E-state index is 0.209. The van der Waals surface area contributed by atoms with E-state index in [1.807, 2.05) is 18.2 Å². The number of aryl methyl sites for hydroxylation is 1. The first-order valence-corrected chi connectivity index (χ1v) is 6.51. The van der Waals surface area contributed by atoms with Gasteiger partial charge in [-0.15, -0.1) is 0 Å². The van der Waals surface area contributed by atoms with Crippen molar-refractivity contribution in [2.24, 2.45) is 7.05 Å². The van der Waals surface area contributed by atoms with Crippen molar-refractivity contribution in [2.45, 2.75) is 38.0 Å². The monoisotopic (exact) mass is 239 g/mol. The maximum atomic E-state index is 8.98. The molecule has 1 aliphatic rings. The van der Waals surface area contributed by atoms with E-state index in [2.05, 4.69) is 24.6 Å². The lowest BCUT2D eigenvalue weighted by Gasteiger charge is -2.22. The smallest absolute Gasteiger partial charge is 0.115 e. The number of aromatic nitrogens is 2. The van der Waals surface area contributed by atoms with Crippen LogP contribution in [0.2, 0.25) is 0 Å². The molecular formula is C15H17N3. The van der Waals surface area contributed by atoms with E-state index in [1.165, 1.54) is 31.5 Å². The molecule has 0 saturated heterocycles. The van der Waals surface area contributed by atoms with Gasteiger partial charge in [-0.2, -0.15) is 5.26 Å². The van der Waals surface area contributed by atoms with Crippen LogP contribution < -0.4 is 0 Å². The van der Waals surface area contributed by atoms with Gasteiger partial charge in [0.05, 0.1) is 22.7 Å². The van der Waals surface area contributed by atoms with Crippen LogP contribution in [-0.4, -0.2) is 9.55 Å². The first kappa shape index (κ1) is 11.3. The fourth-order valence-corrected chi connectivity index (χ4v) is 3.18. The second kappa shape index (κ2) is 3.84. The normalized spacial score (nSPS) is 18.1. The summed E-state index contributed by atoms with van der Waals surface area (Å²) in [6, 6.07) is 7.93. The van der Waals surface area contributed by atoms with E-state index in [0.717, 1.165) is 11.0 Å². The van der Waals surface area contributed by atoms with Gasteiger partial charge >= 0.3 is 0 Å². The summed E-state index contributed by atoms with van der Waals surface area (Å²) in [5.41, 5.74) is 2.98. The molecule has 1 aliphatic carbocycles. The van der Waals surface area contributed by atoms with Crippen molar-refractivity contribution in [1.82, 2.24) is 9.55 Å². The van der Waals surface area contributed by atoms with Gasteiger partial charge in [-0.05, 0) is 31.0 Å². The summed E-state index contributed by atoms with van der Waals surface area (Å²) < 4.78 is 2.17. The Hall–Kier alpha value is -1.82. The van der Waals surface area contributed by atoms with E-state index >= 15 is 0 Å². The maximum absolute atomic E-state index is 8.98. The van der Waals surface area contributed by atoms with Crippen molar-refractivity contribution in [3.8, 4) is 6.07 Å². The van der Waals surface area contributed by atoms with Gasteiger partial charge in [0.25, 0.3) is 0 Å². The fourth-order valence-electron chi connectivity index (χ4n) is 3.18. The van der Waals surface area contributed by atoms with Crippen LogP contribution in [0.5, 0.6) is 0 Å². The van der Waals surface area contributed by atoms with Crippen molar-refractivity contribution in [1.29, 1.82) is 5.26 Å². The summed E-state index contributed by atoms with van der Waals surface area (Å²) in [6.45, 7) is 2.31.